The van der Waals surface area contributed by atoms with Gasteiger partial charge in [0.05, 0.1) is 26.5 Å². The zero-order valence-electron chi connectivity index (χ0n) is 12.2. The Morgan fingerprint density at radius 2 is 1.86 bits per heavy atom. The number of nitriles is 1. The van der Waals surface area contributed by atoms with Crippen molar-refractivity contribution in [3.63, 3.8) is 0 Å². The summed E-state index contributed by atoms with van der Waals surface area (Å²) >= 11 is 0. The van der Waals surface area contributed by atoms with E-state index in [2.05, 4.69) is 15.5 Å². The molecule has 0 aliphatic rings. The summed E-state index contributed by atoms with van der Waals surface area (Å²) in [5, 5.41) is 19.3. The predicted molar refractivity (Wildman–Crippen MR) is 70.0 cm³/mol. The first kappa shape index (κ1) is 15.7. The van der Waals surface area contributed by atoms with Crippen molar-refractivity contribution in [1.29, 1.82) is 5.26 Å². The maximum atomic E-state index is 13.9. The van der Waals surface area contributed by atoms with Gasteiger partial charge in [0.2, 0.25) is 17.8 Å². The molecule has 0 atom stereocenters. The van der Waals surface area contributed by atoms with Crippen molar-refractivity contribution < 1.29 is 18.3 Å². The fraction of sp³-hybridized carbons (Fsp3) is 0.417. The van der Waals surface area contributed by atoms with Crippen LogP contribution in [0.4, 0.5) is 8.78 Å². The van der Waals surface area contributed by atoms with Crippen molar-refractivity contribution >= 4 is 0 Å². The third kappa shape index (κ3) is 2.71. The van der Waals surface area contributed by atoms with Crippen LogP contribution in [0.25, 0.3) is 0 Å². The van der Waals surface area contributed by atoms with Crippen LogP contribution in [-0.2, 0) is 20.3 Å². The molecule has 0 fully saturated rings. The summed E-state index contributed by atoms with van der Waals surface area (Å²) in [6.07, 6.45) is 0. The number of rotatable bonds is 6. The zero-order chi connectivity index (χ0) is 16.3. The van der Waals surface area contributed by atoms with Gasteiger partial charge >= 0.3 is 0 Å². The smallest absolute Gasteiger partial charge is 0.253 e. The molecule has 118 valence electrons. The number of hydrogen-bond donors (Lipinski definition) is 1. The van der Waals surface area contributed by atoms with Crippen LogP contribution in [0.3, 0.4) is 0 Å². The van der Waals surface area contributed by atoms with Crippen LogP contribution in [-0.4, -0.2) is 33.8 Å². The van der Waals surface area contributed by atoms with Crippen LogP contribution in [0.15, 0.2) is 0 Å². The van der Waals surface area contributed by atoms with Crippen molar-refractivity contribution in [3.05, 3.63) is 23.0 Å². The van der Waals surface area contributed by atoms with Gasteiger partial charge in [-0.2, -0.15) is 14.0 Å². The Morgan fingerprint density at radius 1 is 1.18 bits per heavy atom. The second-order valence-corrected chi connectivity index (χ2v) is 4.27. The molecule has 2 aromatic rings. The molecule has 0 unspecified atom stereocenters. The molecule has 0 saturated carbocycles. The molecule has 22 heavy (non-hydrogen) atoms. The second-order valence-electron chi connectivity index (χ2n) is 4.27. The fourth-order valence-corrected chi connectivity index (χ4v) is 1.89. The Balaban J connectivity index is 2.09. The maximum absolute atomic E-state index is 13.9. The highest BCUT2D eigenvalue weighted by Crippen LogP contribution is 2.20. The number of nitrogens with zero attached hydrogens (tertiary/aromatic N) is 5. The molecule has 0 radical (unpaired) electrons. The van der Waals surface area contributed by atoms with Crippen LogP contribution in [0.2, 0.25) is 0 Å². The van der Waals surface area contributed by atoms with Crippen molar-refractivity contribution in [2.45, 2.75) is 13.2 Å². The highest BCUT2D eigenvalue weighted by Gasteiger charge is 2.19. The summed E-state index contributed by atoms with van der Waals surface area (Å²) in [4.78, 5) is 0. The normalized spacial score (nSPS) is 10.5. The Morgan fingerprint density at radius 3 is 2.41 bits per heavy atom. The third-order valence-electron chi connectivity index (χ3n) is 2.95. The van der Waals surface area contributed by atoms with E-state index in [0.29, 0.717) is 0 Å². The zero-order valence-corrected chi connectivity index (χ0v) is 12.2. The lowest BCUT2D eigenvalue weighted by Crippen LogP contribution is -2.21. The van der Waals surface area contributed by atoms with E-state index in [4.69, 9.17) is 14.7 Å². The monoisotopic (exact) mass is 312 g/mol. The van der Waals surface area contributed by atoms with Gasteiger partial charge in [0.25, 0.3) is 5.88 Å². The summed E-state index contributed by atoms with van der Waals surface area (Å²) in [5.74, 6) is -1.35. The highest BCUT2D eigenvalue weighted by atomic mass is 19.1. The van der Waals surface area contributed by atoms with Crippen LogP contribution in [0, 0.1) is 23.2 Å². The van der Waals surface area contributed by atoms with Crippen LogP contribution >= 0.6 is 0 Å². The molecular weight excluding hydrogens is 298 g/mol. The lowest BCUT2D eigenvalue weighted by atomic mass is 10.3. The van der Waals surface area contributed by atoms with Gasteiger partial charge in [-0.1, -0.05) is 0 Å². The Bertz CT molecular complexity index is 718. The summed E-state index contributed by atoms with van der Waals surface area (Å²) in [5.41, 5.74) is -0.0699. The number of nitrogens with one attached hydrogen (secondary N) is 1. The first-order chi connectivity index (χ1) is 10.5. The Kier molecular flexibility index (Phi) is 4.57. The van der Waals surface area contributed by atoms with E-state index in [9.17, 15) is 8.78 Å². The van der Waals surface area contributed by atoms with Gasteiger partial charge < -0.3 is 9.47 Å². The lowest BCUT2D eigenvalue weighted by Gasteiger charge is -2.05. The minimum Gasteiger partial charge on any atom is -0.480 e. The molecule has 0 bridgehead atoms. The molecule has 0 aliphatic heterocycles. The maximum Gasteiger partial charge on any atom is 0.253 e. The van der Waals surface area contributed by atoms with Gasteiger partial charge in [-0.15, -0.1) is 10.2 Å². The molecule has 0 amide bonds. The average Bonchev–Trinajstić information content (AvgIpc) is 2.97. The number of aromatic nitrogens is 4. The largest absolute Gasteiger partial charge is 0.480 e. The van der Waals surface area contributed by atoms with Gasteiger partial charge in [-0.3, -0.25) is 5.32 Å². The predicted octanol–water partition coefficient (Wildman–Crippen LogP) is 0.531. The Hall–Kier alpha value is -2.67. The quantitative estimate of drug-likeness (QED) is 0.837. The van der Waals surface area contributed by atoms with E-state index in [1.807, 2.05) is 0 Å². The molecule has 10 heteroatoms. The summed E-state index contributed by atoms with van der Waals surface area (Å²) < 4.78 is 39.4. The van der Waals surface area contributed by atoms with E-state index >= 15 is 0 Å². The second kappa shape index (κ2) is 6.40. The summed E-state index contributed by atoms with van der Waals surface area (Å²) in [6, 6.07) is 1.67. The molecule has 0 aromatic carbocycles. The minimum absolute atomic E-state index is 0.0480. The number of ether oxygens (including phenoxy) is 2. The van der Waals surface area contributed by atoms with Gasteiger partial charge in [0, 0.05) is 13.6 Å². The molecule has 0 spiro atoms. The number of aryl methyl sites for hydroxylation is 1. The summed E-state index contributed by atoms with van der Waals surface area (Å²) in [7, 11) is 4.11. The SMILES string of the molecule is COc1nn(CNCc2c(OC)nn(C)c2F)c(F)c1C#N. The molecule has 0 saturated heterocycles. The van der Waals surface area contributed by atoms with E-state index in [1.165, 1.54) is 21.3 Å². The number of halogens is 2. The van der Waals surface area contributed by atoms with Gasteiger partial charge in [0.1, 0.15) is 6.07 Å². The van der Waals surface area contributed by atoms with Crippen molar-refractivity contribution in [2.24, 2.45) is 7.05 Å². The minimum atomic E-state index is -0.828. The molecule has 1 N–H and O–H groups in total. The van der Waals surface area contributed by atoms with Crippen molar-refractivity contribution in [2.75, 3.05) is 14.2 Å². The fourth-order valence-electron chi connectivity index (χ4n) is 1.89. The van der Waals surface area contributed by atoms with Gasteiger partial charge in [0.15, 0.2) is 5.56 Å². The van der Waals surface area contributed by atoms with Crippen LogP contribution < -0.4 is 14.8 Å². The van der Waals surface area contributed by atoms with E-state index in [1.54, 1.807) is 6.07 Å². The molecule has 2 aromatic heterocycles. The molecule has 8 nitrogen and oxygen atoms in total. The lowest BCUT2D eigenvalue weighted by molar-refractivity contribution is 0.368. The molecule has 2 heterocycles. The highest BCUT2D eigenvalue weighted by molar-refractivity contribution is 5.37. The molecule has 0 aliphatic carbocycles. The molecule has 2 rings (SSSR count). The first-order valence-electron chi connectivity index (χ1n) is 6.19. The van der Waals surface area contributed by atoms with Crippen molar-refractivity contribution in [1.82, 2.24) is 24.9 Å². The van der Waals surface area contributed by atoms with Crippen molar-refractivity contribution in [3.8, 4) is 17.8 Å². The van der Waals surface area contributed by atoms with E-state index in [-0.39, 0.29) is 36.1 Å². The van der Waals surface area contributed by atoms with Gasteiger partial charge in [-0.05, 0) is 0 Å². The standard InChI is InChI=1S/C12H14F2N6O2/c1-19-9(13)8(12(17-19)22-3)5-16-6-20-10(14)7(4-15)11(18-20)21-2/h16H,5-6H2,1-3H3. The summed E-state index contributed by atoms with van der Waals surface area (Å²) in [6.45, 7) is -0.0340. The third-order valence-corrected chi connectivity index (χ3v) is 2.95. The van der Waals surface area contributed by atoms with Crippen LogP contribution in [0.1, 0.15) is 11.1 Å². The molecular formula is C12H14F2N6O2. The first-order valence-corrected chi connectivity index (χ1v) is 6.19. The van der Waals surface area contributed by atoms with E-state index < -0.39 is 11.9 Å². The number of methoxy groups -OCH3 is 2. The topological polar surface area (TPSA) is 89.9 Å². The van der Waals surface area contributed by atoms with Gasteiger partial charge in [-0.25, -0.2) is 9.36 Å². The average molecular weight is 312 g/mol. The Labute approximate surface area is 124 Å². The number of hydrogen-bond acceptors (Lipinski definition) is 6. The van der Waals surface area contributed by atoms with Crippen LogP contribution in [0.5, 0.6) is 11.8 Å². The van der Waals surface area contributed by atoms with E-state index in [0.717, 1.165) is 9.36 Å².